The van der Waals surface area contributed by atoms with Gasteiger partial charge >= 0.3 is 0 Å². The summed E-state index contributed by atoms with van der Waals surface area (Å²) in [5, 5.41) is 4.09. The molecule has 2 aromatic carbocycles. The maximum atomic E-state index is 12.1. The molecule has 3 nitrogen and oxygen atoms in total. The Hall–Kier alpha value is -2.68. The molecule has 1 unspecified atom stereocenters. The maximum Gasteiger partial charge on any atom is 0.271 e. The summed E-state index contributed by atoms with van der Waals surface area (Å²) in [5.74, 6) is 0.257. The first-order valence-corrected chi connectivity index (χ1v) is 7.97. The van der Waals surface area contributed by atoms with E-state index in [1.165, 1.54) is 0 Å². The van der Waals surface area contributed by atoms with Gasteiger partial charge in [-0.15, -0.1) is 0 Å². The van der Waals surface area contributed by atoms with Gasteiger partial charge in [0.2, 0.25) is 0 Å². The lowest BCUT2D eigenvalue weighted by atomic mass is 9.96. The van der Waals surface area contributed by atoms with Crippen LogP contribution in [0.15, 0.2) is 71.9 Å². The fourth-order valence-corrected chi connectivity index (χ4v) is 2.66. The van der Waals surface area contributed by atoms with Gasteiger partial charge < -0.3 is 0 Å². The van der Waals surface area contributed by atoms with E-state index in [2.05, 4.69) is 34.8 Å². The van der Waals surface area contributed by atoms with Gasteiger partial charge in [-0.3, -0.25) is 4.79 Å². The highest BCUT2D eigenvalue weighted by atomic mass is 16.2. The Kier molecular flexibility index (Phi) is 4.99. The number of nitrogens with zero attached hydrogens (tertiary/aromatic N) is 1. The Morgan fingerprint density at radius 2 is 1.74 bits per heavy atom. The van der Waals surface area contributed by atoms with Crippen LogP contribution in [-0.2, 0) is 0 Å². The molecule has 0 aromatic heterocycles. The van der Waals surface area contributed by atoms with Crippen molar-refractivity contribution < 1.29 is 4.79 Å². The van der Waals surface area contributed by atoms with Gasteiger partial charge in [-0.2, -0.15) is 5.10 Å². The quantitative estimate of drug-likeness (QED) is 0.507. The second-order valence-electron chi connectivity index (χ2n) is 5.71. The molecule has 3 rings (SSSR count). The smallest absolute Gasteiger partial charge is 0.267 e. The van der Waals surface area contributed by atoms with Crippen molar-refractivity contribution in [2.45, 2.75) is 19.3 Å². The number of hydrazone groups is 1. The Balaban J connectivity index is 1.59. The van der Waals surface area contributed by atoms with Gasteiger partial charge in [0.05, 0.1) is 0 Å². The summed E-state index contributed by atoms with van der Waals surface area (Å²) >= 11 is 0. The van der Waals surface area contributed by atoms with Gasteiger partial charge in [-0.1, -0.05) is 54.6 Å². The Labute approximate surface area is 136 Å². The molecule has 0 saturated carbocycles. The highest BCUT2D eigenvalue weighted by Crippen LogP contribution is 2.19. The Morgan fingerprint density at radius 3 is 2.43 bits per heavy atom. The molecular formula is C20H20N2O. The largest absolute Gasteiger partial charge is 0.271 e. The van der Waals surface area contributed by atoms with Crippen LogP contribution in [0.5, 0.6) is 0 Å². The van der Waals surface area contributed by atoms with Crippen LogP contribution >= 0.6 is 0 Å². The number of allylic oxidation sites excluding steroid dienone is 2. The van der Waals surface area contributed by atoms with Crippen molar-refractivity contribution >= 4 is 12.1 Å². The average Bonchev–Trinajstić information content (AvgIpc) is 2.63. The molecule has 0 spiro atoms. The molecule has 2 aromatic rings. The minimum absolute atomic E-state index is 0.174. The van der Waals surface area contributed by atoms with Crippen molar-refractivity contribution in [2.75, 3.05) is 0 Å². The number of benzene rings is 2. The fraction of sp³-hybridized carbons (Fsp3) is 0.200. The van der Waals surface area contributed by atoms with E-state index in [9.17, 15) is 4.79 Å². The van der Waals surface area contributed by atoms with Gasteiger partial charge in [-0.25, -0.2) is 5.43 Å². The summed E-state index contributed by atoms with van der Waals surface area (Å²) in [6, 6.07) is 17.7. The molecule has 116 valence electrons. The molecule has 1 aliphatic carbocycles. The van der Waals surface area contributed by atoms with Crippen LogP contribution in [0.4, 0.5) is 0 Å². The number of carbonyl (C=O) groups is 1. The second kappa shape index (κ2) is 7.54. The van der Waals surface area contributed by atoms with E-state index >= 15 is 0 Å². The standard InChI is InChI=1S/C20H20N2O/c23-20(22-21-15-16-7-3-1-4-8-16)19-13-11-18(12-14-19)17-9-5-2-6-10-17/h1-3,5-6,9-16H,4,7-8H2,(H,22,23)/b21-15+. The number of nitrogens with one attached hydrogen (secondary N) is 1. The van der Waals surface area contributed by atoms with E-state index in [0.29, 0.717) is 11.5 Å². The summed E-state index contributed by atoms with van der Waals surface area (Å²) < 4.78 is 0. The third-order valence-electron chi connectivity index (χ3n) is 4.02. The summed E-state index contributed by atoms with van der Waals surface area (Å²) in [5.41, 5.74) is 5.47. The van der Waals surface area contributed by atoms with E-state index < -0.39 is 0 Å². The summed E-state index contributed by atoms with van der Waals surface area (Å²) in [6.45, 7) is 0. The number of hydrogen-bond donors (Lipinski definition) is 1. The van der Waals surface area contributed by atoms with Crippen LogP contribution in [0.1, 0.15) is 29.6 Å². The van der Waals surface area contributed by atoms with Gasteiger partial charge in [0.15, 0.2) is 0 Å². The minimum Gasteiger partial charge on any atom is -0.267 e. The lowest BCUT2D eigenvalue weighted by Crippen LogP contribution is -2.18. The van der Waals surface area contributed by atoms with Crippen LogP contribution in [0, 0.1) is 5.92 Å². The first kappa shape index (κ1) is 15.2. The molecule has 0 bridgehead atoms. The molecule has 1 aliphatic rings. The predicted octanol–water partition coefficient (Wildman–Crippen LogP) is 4.43. The second-order valence-corrected chi connectivity index (χ2v) is 5.71. The van der Waals surface area contributed by atoms with Crippen molar-refractivity contribution in [1.29, 1.82) is 0 Å². The molecule has 0 fully saturated rings. The molecule has 1 atom stereocenters. The lowest BCUT2D eigenvalue weighted by Gasteiger charge is -2.11. The summed E-state index contributed by atoms with van der Waals surface area (Å²) in [4.78, 5) is 12.1. The van der Waals surface area contributed by atoms with Crippen molar-refractivity contribution in [1.82, 2.24) is 5.43 Å². The summed E-state index contributed by atoms with van der Waals surface area (Å²) in [6.07, 6.45) is 9.40. The molecule has 3 heteroatoms. The van der Waals surface area contributed by atoms with Gasteiger partial charge in [0.25, 0.3) is 5.91 Å². The normalized spacial score (nSPS) is 17.3. The van der Waals surface area contributed by atoms with Crippen molar-refractivity contribution in [3.8, 4) is 11.1 Å². The van der Waals surface area contributed by atoms with Gasteiger partial charge in [0, 0.05) is 11.8 Å². The van der Waals surface area contributed by atoms with Crippen LogP contribution in [0.25, 0.3) is 11.1 Å². The highest BCUT2D eigenvalue weighted by molar-refractivity contribution is 5.94. The van der Waals surface area contributed by atoms with E-state index in [0.717, 1.165) is 30.4 Å². The van der Waals surface area contributed by atoms with Crippen LogP contribution < -0.4 is 5.43 Å². The minimum atomic E-state index is -0.174. The summed E-state index contributed by atoms with van der Waals surface area (Å²) in [7, 11) is 0. The molecular weight excluding hydrogens is 284 g/mol. The van der Waals surface area contributed by atoms with E-state index in [4.69, 9.17) is 0 Å². The number of carbonyl (C=O) groups excluding carboxylic acids is 1. The topological polar surface area (TPSA) is 41.5 Å². The van der Waals surface area contributed by atoms with Crippen LogP contribution in [0.2, 0.25) is 0 Å². The first-order chi connectivity index (χ1) is 11.3. The SMILES string of the molecule is O=C(N/N=C/C1CC=CCC1)c1ccc(-c2ccccc2)cc1. The molecule has 0 aliphatic heterocycles. The lowest BCUT2D eigenvalue weighted by molar-refractivity contribution is 0.0955. The zero-order chi connectivity index (χ0) is 15.9. The third kappa shape index (κ3) is 4.16. The van der Waals surface area contributed by atoms with E-state index in [1.54, 1.807) is 0 Å². The Bertz CT molecular complexity index is 702. The first-order valence-electron chi connectivity index (χ1n) is 7.97. The molecule has 0 saturated heterocycles. The fourth-order valence-electron chi connectivity index (χ4n) is 2.66. The average molecular weight is 304 g/mol. The van der Waals surface area contributed by atoms with Gasteiger partial charge in [-0.05, 0) is 48.4 Å². The monoisotopic (exact) mass is 304 g/mol. The van der Waals surface area contributed by atoms with Crippen molar-refractivity contribution in [3.05, 3.63) is 72.3 Å². The predicted molar refractivity (Wildman–Crippen MR) is 94.3 cm³/mol. The van der Waals surface area contributed by atoms with Crippen molar-refractivity contribution in [2.24, 2.45) is 11.0 Å². The number of hydrogen-bond acceptors (Lipinski definition) is 2. The highest BCUT2D eigenvalue weighted by Gasteiger charge is 2.08. The van der Waals surface area contributed by atoms with Crippen LogP contribution in [-0.4, -0.2) is 12.1 Å². The zero-order valence-corrected chi connectivity index (χ0v) is 13.0. The number of amides is 1. The van der Waals surface area contributed by atoms with E-state index in [-0.39, 0.29) is 5.91 Å². The molecule has 0 heterocycles. The van der Waals surface area contributed by atoms with E-state index in [1.807, 2.05) is 48.7 Å². The molecule has 23 heavy (non-hydrogen) atoms. The van der Waals surface area contributed by atoms with Gasteiger partial charge in [0.1, 0.15) is 0 Å². The number of rotatable bonds is 4. The van der Waals surface area contributed by atoms with Crippen molar-refractivity contribution in [3.63, 3.8) is 0 Å². The maximum absolute atomic E-state index is 12.1. The zero-order valence-electron chi connectivity index (χ0n) is 13.0. The molecule has 1 N–H and O–H groups in total. The molecule has 0 radical (unpaired) electrons. The molecule has 1 amide bonds. The van der Waals surface area contributed by atoms with Crippen LogP contribution in [0.3, 0.4) is 0 Å². The third-order valence-corrected chi connectivity index (χ3v) is 4.02. The Morgan fingerprint density at radius 1 is 1.00 bits per heavy atom.